The zero-order valence-corrected chi connectivity index (χ0v) is 15.4. The minimum atomic E-state index is 0.128. The summed E-state index contributed by atoms with van der Waals surface area (Å²) in [6.07, 6.45) is 4.11. The number of piperidine rings is 1. The van der Waals surface area contributed by atoms with E-state index < -0.39 is 0 Å². The summed E-state index contributed by atoms with van der Waals surface area (Å²) >= 11 is 1.60. The molecule has 5 heterocycles. The molecule has 2 aromatic heterocycles. The molecule has 2 atom stereocenters. The summed E-state index contributed by atoms with van der Waals surface area (Å²) in [6, 6.07) is 9.02. The molecule has 1 amide bonds. The Balaban J connectivity index is 1.35. The number of hydrogen-bond acceptors (Lipinski definition) is 4. The third-order valence-electron chi connectivity index (χ3n) is 5.71. The lowest BCUT2D eigenvalue weighted by Crippen LogP contribution is -2.47. The van der Waals surface area contributed by atoms with Crippen molar-refractivity contribution in [2.75, 3.05) is 13.1 Å². The van der Waals surface area contributed by atoms with E-state index in [0.717, 1.165) is 38.2 Å². The molecule has 3 aromatic rings. The maximum Gasteiger partial charge on any atom is 0.227 e. The molecule has 3 fully saturated rings. The Labute approximate surface area is 156 Å². The number of aromatic amines is 1. The van der Waals surface area contributed by atoms with Gasteiger partial charge in [-0.05, 0) is 42.0 Å². The molecule has 3 aliphatic heterocycles. The Hall–Kier alpha value is -2.18. The fourth-order valence-electron chi connectivity index (χ4n) is 4.42. The van der Waals surface area contributed by atoms with Gasteiger partial charge in [0.1, 0.15) is 0 Å². The highest BCUT2D eigenvalue weighted by Gasteiger charge is 2.40. The maximum atomic E-state index is 12.9. The predicted octanol–water partition coefficient (Wildman–Crippen LogP) is 3.25. The number of nitrogens with one attached hydrogen (secondary N) is 1. The first-order chi connectivity index (χ1) is 12.8. The number of benzene rings is 1. The summed E-state index contributed by atoms with van der Waals surface area (Å²) in [4.78, 5) is 25.1. The van der Waals surface area contributed by atoms with Gasteiger partial charge in [-0.2, -0.15) is 0 Å². The summed E-state index contributed by atoms with van der Waals surface area (Å²) in [5, 5.41) is 3.30. The van der Waals surface area contributed by atoms with Crippen LogP contribution in [0.3, 0.4) is 0 Å². The molecular weight excluding hydrogens is 344 g/mol. The van der Waals surface area contributed by atoms with Crippen molar-refractivity contribution in [1.82, 2.24) is 19.8 Å². The minimum absolute atomic E-state index is 0.128. The normalized spacial score (nSPS) is 23.7. The van der Waals surface area contributed by atoms with E-state index in [9.17, 15) is 4.79 Å². The Morgan fingerprint density at radius 3 is 3.04 bits per heavy atom. The first-order valence-electron chi connectivity index (χ1n) is 9.22. The summed E-state index contributed by atoms with van der Waals surface area (Å²) < 4.78 is 0. The van der Waals surface area contributed by atoms with Crippen LogP contribution in [0.25, 0.3) is 10.9 Å². The van der Waals surface area contributed by atoms with Crippen LogP contribution in [-0.2, 0) is 17.9 Å². The SMILES string of the molecule is O=C1[C@H]2CC[C@H](CN(Cc3ccc4[nH]ccc4c3)C2)N1Cc1cscn1. The summed E-state index contributed by atoms with van der Waals surface area (Å²) in [5.74, 6) is 0.446. The Morgan fingerprint density at radius 1 is 1.19 bits per heavy atom. The number of thiazole rings is 1. The van der Waals surface area contributed by atoms with Crippen LogP contribution in [0.1, 0.15) is 24.1 Å². The molecule has 1 aromatic carbocycles. The van der Waals surface area contributed by atoms with Gasteiger partial charge in [-0.3, -0.25) is 9.69 Å². The number of rotatable bonds is 4. The number of hydrogen-bond donors (Lipinski definition) is 1. The van der Waals surface area contributed by atoms with E-state index in [1.165, 1.54) is 16.5 Å². The molecule has 26 heavy (non-hydrogen) atoms. The fourth-order valence-corrected chi connectivity index (χ4v) is 4.97. The standard InChI is InChI=1S/C20H22N4OS/c25-20-16-2-3-18(24(20)10-17-12-26-13-22-17)11-23(9-16)8-14-1-4-19-15(7-14)5-6-21-19/h1,4-7,12-13,16,18,21H,2-3,8-11H2/t16-,18+/m0/s1. The van der Waals surface area contributed by atoms with E-state index in [0.29, 0.717) is 18.5 Å². The van der Waals surface area contributed by atoms with Gasteiger partial charge in [-0.25, -0.2) is 4.98 Å². The second kappa shape index (κ2) is 6.52. The van der Waals surface area contributed by atoms with Crippen molar-refractivity contribution < 1.29 is 4.79 Å². The summed E-state index contributed by atoms with van der Waals surface area (Å²) in [5.41, 5.74) is 5.35. The van der Waals surface area contributed by atoms with Crippen LogP contribution in [0, 0.1) is 5.92 Å². The molecule has 0 unspecified atom stereocenters. The van der Waals surface area contributed by atoms with Crippen molar-refractivity contribution >= 4 is 28.1 Å². The fraction of sp³-hybridized carbons (Fsp3) is 0.400. The average Bonchev–Trinajstić information content (AvgIpc) is 3.25. The zero-order chi connectivity index (χ0) is 17.5. The van der Waals surface area contributed by atoms with E-state index >= 15 is 0 Å². The molecule has 1 N–H and O–H groups in total. The molecule has 6 rings (SSSR count). The quantitative estimate of drug-likeness (QED) is 0.771. The Kier molecular flexibility index (Phi) is 4.02. The van der Waals surface area contributed by atoms with E-state index in [1.54, 1.807) is 11.3 Å². The number of aromatic nitrogens is 2. The number of amides is 1. The van der Waals surface area contributed by atoms with Crippen LogP contribution in [0.5, 0.6) is 0 Å². The van der Waals surface area contributed by atoms with Gasteiger partial charge in [-0.1, -0.05) is 6.07 Å². The lowest BCUT2D eigenvalue weighted by Gasteiger charge is -2.35. The van der Waals surface area contributed by atoms with E-state index in [-0.39, 0.29) is 5.92 Å². The topological polar surface area (TPSA) is 52.2 Å². The van der Waals surface area contributed by atoms with Crippen LogP contribution in [0.2, 0.25) is 0 Å². The highest BCUT2D eigenvalue weighted by Crippen LogP contribution is 2.31. The van der Waals surface area contributed by atoms with Gasteiger partial charge in [0.2, 0.25) is 5.91 Å². The van der Waals surface area contributed by atoms with Crippen molar-refractivity contribution in [3.63, 3.8) is 0 Å². The molecule has 0 aliphatic carbocycles. The molecule has 5 nitrogen and oxygen atoms in total. The highest BCUT2D eigenvalue weighted by molar-refractivity contribution is 7.07. The van der Waals surface area contributed by atoms with Gasteiger partial charge in [0.05, 0.1) is 23.7 Å². The van der Waals surface area contributed by atoms with E-state index in [2.05, 4.69) is 49.4 Å². The first-order valence-corrected chi connectivity index (χ1v) is 10.2. The lowest BCUT2D eigenvalue weighted by molar-refractivity contribution is -0.140. The molecule has 6 heteroatoms. The molecule has 0 radical (unpaired) electrons. The van der Waals surface area contributed by atoms with Gasteiger partial charge in [-0.15, -0.1) is 11.3 Å². The Bertz CT molecular complexity index is 919. The van der Waals surface area contributed by atoms with Gasteiger partial charge < -0.3 is 9.88 Å². The van der Waals surface area contributed by atoms with E-state index in [1.807, 2.05) is 11.7 Å². The van der Waals surface area contributed by atoms with Crippen LogP contribution >= 0.6 is 11.3 Å². The number of carbonyl (C=O) groups is 1. The lowest BCUT2D eigenvalue weighted by atomic mass is 9.94. The second-order valence-corrected chi connectivity index (χ2v) is 8.19. The number of H-pyrrole nitrogens is 1. The van der Waals surface area contributed by atoms with Crippen LogP contribution in [0.15, 0.2) is 41.4 Å². The zero-order valence-electron chi connectivity index (χ0n) is 14.6. The van der Waals surface area contributed by atoms with Crippen LogP contribution in [-0.4, -0.2) is 44.8 Å². The molecule has 0 spiro atoms. The van der Waals surface area contributed by atoms with Crippen molar-refractivity contribution in [1.29, 1.82) is 0 Å². The molecule has 0 saturated carbocycles. The van der Waals surface area contributed by atoms with Crippen molar-refractivity contribution in [2.24, 2.45) is 5.92 Å². The minimum Gasteiger partial charge on any atom is -0.361 e. The summed E-state index contributed by atoms with van der Waals surface area (Å²) in [7, 11) is 0. The number of fused-ring (bicyclic) bond motifs is 5. The Morgan fingerprint density at radius 2 is 2.15 bits per heavy atom. The van der Waals surface area contributed by atoms with E-state index in [4.69, 9.17) is 0 Å². The third kappa shape index (κ3) is 2.93. The summed E-state index contributed by atoms with van der Waals surface area (Å²) in [6.45, 7) is 3.39. The monoisotopic (exact) mass is 366 g/mol. The predicted molar refractivity (Wildman–Crippen MR) is 103 cm³/mol. The second-order valence-electron chi connectivity index (χ2n) is 7.47. The van der Waals surface area contributed by atoms with Gasteiger partial charge in [0, 0.05) is 42.8 Å². The van der Waals surface area contributed by atoms with Crippen LogP contribution < -0.4 is 0 Å². The average molecular weight is 366 g/mol. The first kappa shape index (κ1) is 16.0. The molecule has 3 saturated heterocycles. The van der Waals surface area contributed by atoms with Crippen molar-refractivity contribution in [3.8, 4) is 0 Å². The number of nitrogens with zero attached hydrogens (tertiary/aromatic N) is 3. The van der Waals surface area contributed by atoms with Crippen LogP contribution in [0.4, 0.5) is 0 Å². The van der Waals surface area contributed by atoms with Gasteiger partial charge >= 0.3 is 0 Å². The van der Waals surface area contributed by atoms with Crippen molar-refractivity contribution in [3.05, 3.63) is 52.6 Å². The smallest absolute Gasteiger partial charge is 0.227 e. The molecule has 2 bridgehead atoms. The maximum absolute atomic E-state index is 12.9. The highest BCUT2D eigenvalue weighted by atomic mass is 32.1. The van der Waals surface area contributed by atoms with Gasteiger partial charge in [0.25, 0.3) is 0 Å². The largest absolute Gasteiger partial charge is 0.361 e. The molecular formula is C20H22N4OS. The number of carbonyl (C=O) groups excluding carboxylic acids is 1. The van der Waals surface area contributed by atoms with Crippen molar-refractivity contribution in [2.45, 2.75) is 32.0 Å². The third-order valence-corrected chi connectivity index (χ3v) is 6.34. The molecule has 3 aliphatic rings. The van der Waals surface area contributed by atoms with Gasteiger partial charge in [0.15, 0.2) is 0 Å². The molecule has 134 valence electrons.